The molecule has 7 heteroatoms. The smallest absolute Gasteiger partial charge is 0.297 e. The SMILES string of the molecule is CN(C)c1ccc(C=C2N=C(c3ccccc3)N(NC(=O)c3ccccc3Br)C2=O)cc1. The van der Waals surface area contributed by atoms with Crippen molar-refractivity contribution in [1.29, 1.82) is 0 Å². The number of nitrogens with zero attached hydrogens (tertiary/aromatic N) is 3. The van der Waals surface area contributed by atoms with Crippen LogP contribution in [0.4, 0.5) is 5.69 Å². The van der Waals surface area contributed by atoms with E-state index in [-0.39, 0.29) is 5.70 Å². The summed E-state index contributed by atoms with van der Waals surface area (Å²) in [6.45, 7) is 0. The Morgan fingerprint density at radius 3 is 2.28 bits per heavy atom. The lowest BCUT2D eigenvalue weighted by molar-refractivity contribution is -0.124. The fourth-order valence-corrected chi connectivity index (χ4v) is 3.70. The third kappa shape index (κ3) is 4.48. The van der Waals surface area contributed by atoms with Gasteiger partial charge < -0.3 is 4.90 Å². The van der Waals surface area contributed by atoms with E-state index in [1.807, 2.05) is 79.7 Å². The van der Waals surface area contributed by atoms with Crippen LogP contribution >= 0.6 is 15.9 Å². The van der Waals surface area contributed by atoms with Gasteiger partial charge in [0.1, 0.15) is 5.70 Å². The molecule has 0 bridgehead atoms. The number of aliphatic imine (C=N–C) groups is 1. The molecule has 1 aliphatic heterocycles. The highest BCUT2D eigenvalue weighted by Crippen LogP contribution is 2.23. The molecule has 0 atom stereocenters. The summed E-state index contributed by atoms with van der Waals surface area (Å²) in [5.74, 6) is -0.445. The first-order valence-electron chi connectivity index (χ1n) is 9.97. The highest BCUT2D eigenvalue weighted by atomic mass is 79.9. The van der Waals surface area contributed by atoms with Crippen LogP contribution in [0.25, 0.3) is 6.08 Å². The Morgan fingerprint density at radius 2 is 1.62 bits per heavy atom. The molecular formula is C25H21BrN4O2. The molecule has 0 saturated heterocycles. The molecule has 4 rings (SSSR count). The summed E-state index contributed by atoms with van der Waals surface area (Å²) < 4.78 is 0.638. The Labute approximate surface area is 195 Å². The minimum absolute atomic E-state index is 0.244. The molecule has 0 unspecified atom stereocenters. The molecule has 0 aromatic heterocycles. The van der Waals surface area contributed by atoms with Gasteiger partial charge in [-0.2, -0.15) is 5.01 Å². The van der Waals surface area contributed by atoms with Crippen molar-refractivity contribution < 1.29 is 9.59 Å². The average molecular weight is 489 g/mol. The maximum absolute atomic E-state index is 13.2. The molecule has 1 N–H and O–H groups in total. The number of carbonyl (C=O) groups excluding carboxylic acids is 2. The number of amidine groups is 1. The number of amides is 2. The van der Waals surface area contributed by atoms with Gasteiger partial charge in [0.25, 0.3) is 11.8 Å². The molecule has 32 heavy (non-hydrogen) atoms. The van der Waals surface area contributed by atoms with Gasteiger partial charge in [0.05, 0.1) is 5.56 Å². The fourth-order valence-electron chi connectivity index (χ4n) is 3.23. The van der Waals surface area contributed by atoms with Crippen molar-refractivity contribution in [3.63, 3.8) is 0 Å². The van der Waals surface area contributed by atoms with E-state index < -0.39 is 11.8 Å². The molecule has 0 radical (unpaired) electrons. The topological polar surface area (TPSA) is 65.0 Å². The Balaban J connectivity index is 1.68. The second-order valence-corrected chi connectivity index (χ2v) is 8.23. The van der Waals surface area contributed by atoms with Crippen LogP contribution in [0.3, 0.4) is 0 Å². The largest absolute Gasteiger partial charge is 0.378 e. The van der Waals surface area contributed by atoms with E-state index >= 15 is 0 Å². The van der Waals surface area contributed by atoms with Crippen molar-refractivity contribution in [2.24, 2.45) is 4.99 Å². The maximum atomic E-state index is 13.2. The first kappa shape index (κ1) is 21.5. The zero-order valence-corrected chi connectivity index (χ0v) is 19.2. The number of hydrazine groups is 1. The number of carbonyl (C=O) groups is 2. The molecule has 2 amide bonds. The first-order valence-corrected chi connectivity index (χ1v) is 10.8. The Kier molecular flexibility index (Phi) is 6.18. The van der Waals surface area contributed by atoms with Crippen LogP contribution in [0, 0.1) is 0 Å². The number of halogens is 1. The third-order valence-electron chi connectivity index (χ3n) is 4.94. The predicted octanol–water partition coefficient (Wildman–Crippen LogP) is 4.49. The maximum Gasteiger partial charge on any atom is 0.297 e. The zero-order valence-electron chi connectivity index (χ0n) is 17.6. The number of anilines is 1. The molecule has 0 saturated carbocycles. The van der Waals surface area contributed by atoms with Crippen molar-refractivity contribution in [3.8, 4) is 0 Å². The van der Waals surface area contributed by atoms with Gasteiger partial charge in [0.15, 0.2) is 5.84 Å². The van der Waals surface area contributed by atoms with Gasteiger partial charge in [-0.25, -0.2) is 4.99 Å². The summed E-state index contributed by atoms with van der Waals surface area (Å²) >= 11 is 3.38. The minimum Gasteiger partial charge on any atom is -0.378 e. The van der Waals surface area contributed by atoms with Gasteiger partial charge in [-0.15, -0.1) is 0 Å². The van der Waals surface area contributed by atoms with E-state index in [2.05, 4.69) is 26.3 Å². The quantitative estimate of drug-likeness (QED) is 0.538. The molecule has 160 valence electrons. The van der Waals surface area contributed by atoms with E-state index in [1.165, 1.54) is 5.01 Å². The number of nitrogens with one attached hydrogen (secondary N) is 1. The molecule has 0 fully saturated rings. The minimum atomic E-state index is -0.411. The van der Waals surface area contributed by atoms with Crippen LogP contribution in [0.15, 0.2) is 94.0 Å². The van der Waals surface area contributed by atoms with Crippen molar-refractivity contribution in [3.05, 3.63) is 106 Å². The first-order chi connectivity index (χ1) is 15.4. The Hall–Kier alpha value is -3.71. The van der Waals surface area contributed by atoms with Crippen molar-refractivity contribution in [2.45, 2.75) is 0 Å². The monoisotopic (exact) mass is 488 g/mol. The molecule has 1 heterocycles. The summed E-state index contributed by atoms with van der Waals surface area (Å²) in [6, 6.07) is 24.1. The summed E-state index contributed by atoms with van der Waals surface area (Å²) in [6.07, 6.45) is 1.72. The van der Waals surface area contributed by atoms with Crippen molar-refractivity contribution in [1.82, 2.24) is 10.4 Å². The summed E-state index contributed by atoms with van der Waals surface area (Å²) in [4.78, 5) is 32.7. The number of hydrogen-bond donors (Lipinski definition) is 1. The molecule has 0 spiro atoms. The molecule has 3 aromatic carbocycles. The van der Waals surface area contributed by atoms with Crippen LogP contribution in [-0.4, -0.2) is 36.8 Å². The third-order valence-corrected chi connectivity index (χ3v) is 5.63. The molecule has 1 aliphatic rings. The molecule has 0 aliphatic carbocycles. The lowest BCUT2D eigenvalue weighted by Gasteiger charge is -2.19. The summed E-state index contributed by atoms with van der Waals surface area (Å²) in [5.41, 5.74) is 6.00. The normalized spacial score (nSPS) is 14.5. The van der Waals surface area contributed by atoms with Crippen molar-refractivity contribution in [2.75, 3.05) is 19.0 Å². The number of benzene rings is 3. The Bertz CT molecular complexity index is 1220. The average Bonchev–Trinajstić information content (AvgIpc) is 3.10. The lowest BCUT2D eigenvalue weighted by atomic mass is 10.1. The summed E-state index contributed by atoms with van der Waals surface area (Å²) in [5, 5.41) is 1.21. The predicted molar refractivity (Wildman–Crippen MR) is 130 cm³/mol. The van der Waals surface area contributed by atoms with Gasteiger partial charge in [-0.3, -0.25) is 15.0 Å². The lowest BCUT2D eigenvalue weighted by Crippen LogP contribution is -2.47. The van der Waals surface area contributed by atoms with Gasteiger partial charge in [-0.05, 0) is 51.8 Å². The molecule has 3 aromatic rings. The van der Waals surface area contributed by atoms with E-state index in [9.17, 15) is 9.59 Å². The van der Waals surface area contributed by atoms with Gasteiger partial charge in [0.2, 0.25) is 0 Å². The highest BCUT2D eigenvalue weighted by Gasteiger charge is 2.33. The molecular weight excluding hydrogens is 468 g/mol. The Morgan fingerprint density at radius 1 is 0.969 bits per heavy atom. The number of rotatable bonds is 5. The van der Waals surface area contributed by atoms with E-state index in [4.69, 9.17) is 0 Å². The number of hydrogen-bond acceptors (Lipinski definition) is 4. The van der Waals surface area contributed by atoms with Crippen LogP contribution < -0.4 is 10.3 Å². The van der Waals surface area contributed by atoms with Gasteiger partial charge >= 0.3 is 0 Å². The second-order valence-electron chi connectivity index (χ2n) is 7.38. The molecule has 6 nitrogen and oxygen atoms in total. The van der Waals surface area contributed by atoms with E-state index in [0.717, 1.165) is 16.8 Å². The highest BCUT2D eigenvalue weighted by molar-refractivity contribution is 9.10. The van der Waals surface area contributed by atoms with Gasteiger partial charge in [-0.1, -0.05) is 54.6 Å². The fraction of sp³-hybridized carbons (Fsp3) is 0.0800. The summed E-state index contributed by atoms with van der Waals surface area (Å²) in [7, 11) is 3.94. The standard InChI is InChI=1S/C25H21BrN4O2/c1-29(2)19-14-12-17(13-15-19)16-22-25(32)30(23(27-22)18-8-4-3-5-9-18)28-24(31)20-10-6-7-11-21(20)26/h3-16H,1-2H3,(H,28,31). The van der Waals surface area contributed by atoms with Crippen LogP contribution in [0.5, 0.6) is 0 Å². The van der Waals surface area contributed by atoms with Crippen molar-refractivity contribution >= 4 is 45.3 Å². The zero-order chi connectivity index (χ0) is 22.7. The van der Waals surface area contributed by atoms with Crippen LogP contribution in [0.2, 0.25) is 0 Å². The van der Waals surface area contributed by atoms with Crippen LogP contribution in [-0.2, 0) is 4.79 Å². The van der Waals surface area contributed by atoms with Gasteiger partial charge in [0, 0.05) is 29.8 Å². The van der Waals surface area contributed by atoms with E-state index in [1.54, 1.807) is 24.3 Å². The second kappa shape index (κ2) is 9.20. The van der Waals surface area contributed by atoms with E-state index in [0.29, 0.717) is 15.9 Å². The van der Waals surface area contributed by atoms with Crippen LogP contribution in [0.1, 0.15) is 21.5 Å².